The third-order valence-electron chi connectivity index (χ3n) is 2.86. The van der Waals surface area contributed by atoms with Crippen LogP contribution in [0.1, 0.15) is 22.3 Å². The fourth-order valence-corrected chi connectivity index (χ4v) is 1.81. The lowest BCUT2D eigenvalue weighted by atomic mass is 10.1. The summed E-state index contributed by atoms with van der Waals surface area (Å²) in [5.74, 6) is 0.137. The molecule has 0 aliphatic heterocycles. The number of allylic oxidation sites excluding steroid dienone is 2. The van der Waals surface area contributed by atoms with E-state index in [1.165, 1.54) is 17.7 Å². The SMILES string of the molecule is O=C(C=CCCc1ccccc1)c1ccc(O)cc1. The van der Waals surface area contributed by atoms with Crippen LogP contribution < -0.4 is 0 Å². The van der Waals surface area contributed by atoms with E-state index in [9.17, 15) is 4.79 Å². The minimum Gasteiger partial charge on any atom is -0.508 e. The first-order valence-electron chi connectivity index (χ1n) is 6.29. The highest BCUT2D eigenvalue weighted by Gasteiger charge is 2.00. The van der Waals surface area contributed by atoms with Gasteiger partial charge in [0.2, 0.25) is 0 Å². The van der Waals surface area contributed by atoms with E-state index in [-0.39, 0.29) is 11.5 Å². The Kier molecular flexibility index (Phi) is 4.51. The summed E-state index contributed by atoms with van der Waals surface area (Å²) in [5.41, 5.74) is 1.86. The second-order valence-electron chi connectivity index (χ2n) is 4.34. The molecule has 0 aliphatic rings. The first-order valence-corrected chi connectivity index (χ1v) is 6.29. The summed E-state index contributed by atoms with van der Waals surface area (Å²) in [5, 5.41) is 9.15. The number of benzene rings is 2. The molecule has 2 aromatic carbocycles. The van der Waals surface area contributed by atoms with Gasteiger partial charge in [-0.1, -0.05) is 36.4 Å². The van der Waals surface area contributed by atoms with Crippen LogP contribution in [0.4, 0.5) is 0 Å². The van der Waals surface area contributed by atoms with Crippen molar-refractivity contribution in [2.24, 2.45) is 0 Å². The van der Waals surface area contributed by atoms with Gasteiger partial charge < -0.3 is 5.11 Å². The van der Waals surface area contributed by atoms with Gasteiger partial charge in [-0.15, -0.1) is 0 Å². The maximum atomic E-state index is 11.8. The molecule has 0 saturated heterocycles. The van der Waals surface area contributed by atoms with E-state index >= 15 is 0 Å². The van der Waals surface area contributed by atoms with Crippen molar-refractivity contribution in [2.75, 3.05) is 0 Å². The van der Waals surface area contributed by atoms with Gasteiger partial charge in [0, 0.05) is 5.56 Å². The fraction of sp³-hybridized carbons (Fsp3) is 0.118. The highest BCUT2D eigenvalue weighted by Crippen LogP contribution is 2.11. The zero-order valence-electron chi connectivity index (χ0n) is 10.6. The number of carbonyl (C=O) groups excluding carboxylic acids is 1. The Morgan fingerprint density at radius 3 is 2.37 bits per heavy atom. The molecule has 2 nitrogen and oxygen atoms in total. The van der Waals surface area contributed by atoms with Gasteiger partial charge in [-0.3, -0.25) is 4.79 Å². The van der Waals surface area contributed by atoms with Crippen molar-refractivity contribution < 1.29 is 9.90 Å². The molecule has 0 spiro atoms. The van der Waals surface area contributed by atoms with Gasteiger partial charge in [-0.25, -0.2) is 0 Å². The summed E-state index contributed by atoms with van der Waals surface area (Å²) in [7, 11) is 0. The maximum Gasteiger partial charge on any atom is 0.185 e. The molecule has 2 aromatic rings. The standard InChI is InChI=1S/C17H16O2/c18-16-12-10-15(11-13-16)17(19)9-5-4-8-14-6-2-1-3-7-14/h1-3,5-7,9-13,18H,4,8H2. The molecule has 0 aliphatic carbocycles. The van der Waals surface area contributed by atoms with Crippen molar-refractivity contribution >= 4 is 5.78 Å². The van der Waals surface area contributed by atoms with Crippen molar-refractivity contribution in [2.45, 2.75) is 12.8 Å². The van der Waals surface area contributed by atoms with Crippen LogP contribution in [-0.2, 0) is 6.42 Å². The van der Waals surface area contributed by atoms with Crippen LogP contribution >= 0.6 is 0 Å². The number of hydrogen-bond acceptors (Lipinski definition) is 2. The number of aromatic hydroxyl groups is 1. The summed E-state index contributed by atoms with van der Waals surface area (Å²) in [6, 6.07) is 16.5. The van der Waals surface area contributed by atoms with Crippen molar-refractivity contribution in [3.05, 3.63) is 77.9 Å². The summed E-state index contributed by atoms with van der Waals surface area (Å²) in [4.78, 5) is 11.8. The number of phenolic OH excluding ortho intramolecular Hbond substituents is 1. The zero-order valence-corrected chi connectivity index (χ0v) is 10.6. The van der Waals surface area contributed by atoms with E-state index in [4.69, 9.17) is 5.11 Å². The van der Waals surface area contributed by atoms with Gasteiger partial charge in [0.25, 0.3) is 0 Å². The largest absolute Gasteiger partial charge is 0.508 e. The molecule has 0 aromatic heterocycles. The summed E-state index contributed by atoms with van der Waals surface area (Å²) in [6.45, 7) is 0. The van der Waals surface area contributed by atoms with Crippen LogP contribution in [0.5, 0.6) is 5.75 Å². The average molecular weight is 252 g/mol. The smallest absolute Gasteiger partial charge is 0.185 e. The monoisotopic (exact) mass is 252 g/mol. The highest BCUT2D eigenvalue weighted by molar-refractivity contribution is 6.04. The first kappa shape index (κ1) is 13.1. The molecule has 0 unspecified atom stereocenters. The summed E-state index contributed by atoms with van der Waals surface area (Å²) in [6.07, 6.45) is 5.26. The van der Waals surface area contributed by atoms with Gasteiger partial charge >= 0.3 is 0 Å². The molecule has 0 atom stereocenters. The molecular weight excluding hydrogens is 236 g/mol. The summed E-state index contributed by atoms with van der Waals surface area (Å²) < 4.78 is 0. The fourth-order valence-electron chi connectivity index (χ4n) is 1.81. The third kappa shape index (κ3) is 4.11. The molecule has 96 valence electrons. The lowest BCUT2D eigenvalue weighted by molar-refractivity contribution is 0.104. The Hall–Kier alpha value is -2.35. The maximum absolute atomic E-state index is 11.8. The van der Waals surface area contributed by atoms with E-state index in [0.717, 1.165) is 12.8 Å². The van der Waals surface area contributed by atoms with Crippen molar-refractivity contribution in [3.63, 3.8) is 0 Å². The number of rotatable bonds is 5. The molecule has 0 fully saturated rings. The Bertz CT molecular complexity index is 554. The van der Waals surface area contributed by atoms with Gasteiger partial charge in [-0.05, 0) is 48.7 Å². The van der Waals surface area contributed by atoms with Crippen LogP contribution in [-0.4, -0.2) is 10.9 Å². The molecular formula is C17H16O2. The number of hydrogen-bond donors (Lipinski definition) is 1. The number of phenols is 1. The van der Waals surface area contributed by atoms with Crippen molar-refractivity contribution in [1.82, 2.24) is 0 Å². The van der Waals surface area contributed by atoms with Crippen LogP contribution in [0.15, 0.2) is 66.7 Å². The van der Waals surface area contributed by atoms with E-state index < -0.39 is 0 Å². The Labute approximate surface area is 113 Å². The molecule has 1 N–H and O–H groups in total. The van der Waals surface area contributed by atoms with Crippen LogP contribution in [0.3, 0.4) is 0 Å². The van der Waals surface area contributed by atoms with Crippen LogP contribution in [0.2, 0.25) is 0 Å². The molecule has 0 bridgehead atoms. The number of carbonyl (C=O) groups is 1. The van der Waals surface area contributed by atoms with Crippen molar-refractivity contribution in [3.8, 4) is 5.75 Å². The van der Waals surface area contributed by atoms with Crippen molar-refractivity contribution in [1.29, 1.82) is 0 Å². The lowest BCUT2D eigenvalue weighted by Gasteiger charge is -1.97. The molecule has 0 radical (unpaired) electrons. The van der Waals surface area contributed by atoms with Gasteiger partial charge in [0.1, 0.15) is 5.75 Å². The minimum atomic E-state index is -0.0342. The number of ketones is 1. The van der Waals surface area contributed by atoms with Gasteiger partial charge in [0.15, 0.2) is 5.78 Å². The highest BCUT2D eigenvalue weighted by atomic mass is 16.3. The normalized spacial score (nSPS) is 10.7. The average Bonchev–Trinajstić information content (AvgIpc) is 2.45. The Morgan fingerprint density at radius 2 is 1.68 bits per heavy atom. The topological polar surface area (TPSA) is 37.3 Å². The van der Waals surface area contributed by atoms with Gasteiger partial charge in [0.05, 0.1) is 0 Å². The van der Waals surface area contributed by atoms with Gasteiger partial charge in [-0.2, -0.15) is 0 Å². The Balaban J connectivity index is 1.85. The van der Waals surface area contributed by atoms with E-state index in [0.29, 0.717) is 5.56 Å². The molecule has 2 rings (SSSR count). The van der Waals surface area contributed by atoms with Crippen LogP contribution in [0.25, 0.3) is 0 Å². The second kappa shape index (κ2) is 6.55. The predicted octanol–water partition coefficient (Wildman–Crippen LogP) is 3.76. The second-order valence-corrected chi connectivity index (χ2v) is 4.34. The molecule has 19 heavy (non-hydrogen) atoms. The molecule has 0 saturated carbocycles. The third-order valence-corrected chi connectivity index (χ3v) is 2.86. The molecule has 2 heteroatoms. The predicted molar refractivity (Wildman–Crippen MR) is 76.3 cm³/mol. The minimum absolute atomic E-state index is 0.0342. The lowest BCUT2D eigenvalue weighted by Crippen LogP contribution is -1.93. The van der Waals surface area contributed by atoms with E-state index in [2.05, 4.69) is 12.1 Å². The summed E-state index contributed by atoms with van der Waals surface area (Å²) >= 11 is 0. The van der Waals surface area contributed by atoms with E-state index in [1.54, 1.807) is 18.2 Å². The van der Waals surface area contributed by atoms with Crippen LogP contribution in [0, 0.1) is 0 Å². The zero-order chi connectivity index (χ0) is 13.5. The molecule has 0 amide bonds. The Morgan fingerprint density at radius 1 is 1.00 bits per heavy atom. The first-order chi connectivity index (χ1) is 9.25. The quantitative estimate of drug-likeness (QED) is 0.649. The molecule has 0 heterocycles. The number of aryl methyl sites for hydroxylation is 1. The van der Waals surface area contributed by atoms with E-state index in [1.807, 2.05) is 24.3 Å².